The Morgan fingerprint density at radius 1 is 0.913 bits per heavy atom. The van der Waals surface area contributed by atoms with Gasteiger partial charge in [-0.1, -0.05) is 40.2 Å². The van der Waals surface area contributed by atoms with Crippen molar-refractivity contribution in [2.24, 2.45) is 0 Å². The van der Waals surface area contributed by atoms with Gasteiger partial charge in [0.2, 0.25) is 11.8 Å². The fourth-order valence-corrected chi connectivity index (χ4v) is 3.82. The van der Waals surface area contributed by atoms with E-state index in [-0.39, 0.29) is 23.9 Å². The molecule has 5 heteroatoms. The molecular formula is C18H15BrN2O2. The summed E-state index contributed by atoms with van der Waals surface area (Å²) in [5.74, 6) is -0.534. The molecule has 2 aromatic rings. The van der Waals surface area contributed by atoms with E-state index in [1.165, 1.54) is 4.90 Å². The molecule has 1 N–H and O–H groups in total. The minimum Gasteiger partial charge on any atom is -0.310 e. The van der Waals surface area contributed by atoms with Crippen molar-refractivity contribution in [3.8, 4) is 0 Å². The minimum absolute atomic E-state index is 0.0427. The lowest BCUT2D eigenvalue weighted by atomic mass is 10.1. The Balaban J connectivity index is 1.83. The van der Waals surface area contributed by atoms with Crippen LogP contribution in [-0.2, 0) is 9.59 Å². The number of nitrogens with one attached hydrogen (secondary N) is 1. The van der Waals surface area contributed by atoms with Gasteiger partial charge in [-0.25, -0.2) is 4.90 Å². The Morgan fingerprint density at radius 2 is 1.52 bits per heavy atom. The molecule has 0 aromatic heterocycles. The smallest absolute Gasteiger partial charge is 0.239 e. The molecule has 0 saturated carbocycles. The first-order valence-corrected chi connectivity index (χ1v) is 8.44. The number of hydrogen-bond acceptors (Lipinski definition) is 3. The number of fused-ring (bicyclic) bond motifs is 3. The summed E-state index contributed by atoms with van der Waals surface area (Å²) >= 11 is 3.53. The fraction of sp³-hybridized carbons (Fsp3) is 0.222. The van der Waals surface area contributed by atoms with E-state index in [9.17, 15) is 9.59 Å². The number of carbonyl (C=O) groups excluding carboxylic acids is 2. The zero-order valence-electron chi connectivity index (χ0n) is 12.3. The zero-order chi connectivity index (χ0) is 16.0. The molecule has 0 aliphatic carbocycles. The predicted molar refractivity (Wildman–Crippen MR) is 92.7 cm³/mol. The molecule has 4 nitrogen and oxygen atoms in total. The first kappa shape index (κ1) is 14.8. The third kappa shape index (κ3) is 2.58. The van der Waals surface area contributed by atoms with Gasteiger partial charge in [-0.3, -0.25) is 9.59 Å². The molecule has 2 amide bonds. The third-order valence-corrected chi connectivity index (χ3v) is 5.13. The molecule has 2 aliphatic heterocycles. The van der Waals surface area contributed by atoms with E-state index in [1.807, 2.05) is 36.4 Å². The quantitative estimate of drug-likeness (QED) is 0.785. The lowest BCUT2D eigenvalue weighted by molar-refractivity contribution is -0.123. The van der Waals surface area contributed by atoms with Crippen molar-refractivity contribution in [3.05, 3.63) is 53.7 Å². The molecule has 0 spiro atoms. The summed E-state index contributed by atoms with van der Waals surface area (Å²) < 4.78 is 0.943. The van der Waals surface area contributed by atoms with Gasteiger partial charge in [0.15, 0.2) is 0 Å². The molecule has 2 atom stereocenters. The maximum atomic E-state index is 12.7. The van der Waals surface area contributed by atoms with E-state index in [0.717, 1.165) is 28.1 Å². The van der Waals surface area contributed by atoms with Crippen LogP contribution in [0.3, 0.4) is 0 Å². The third-order valence-electron chi connectivity index (χ3n) is 4.43. The van der Waals surface area contributed by atoms with Crippen LogP contribution in [0, 0.1) is 12.8 Å². The summed E-state index contributed by atoms with van der Waals surface area (Å²) in [5, 5.41) is 5.15. The predicted octanol–water partition coefficient (Wildman–Crippen LogP) is 3.00. The zero-order valence-corrected chi connectivity index (χ0v) is 13.9. The summed E-state index contributed by atoms with van der Waals surface area (Å²) in [4.78, 5) is 26.6. The topological polar surface area (TPSA) is 49.4 Å². The number of imide groups is 1. The second-order valence-electron chi connectivity index (χ2n) is 5.91. The molecule has 23 heavy (non-hydrogen) atoms. The number of hydrogen-bond donors (Lipinski definition) is 1. The summed E-state index contributed by atoms with van der Waals surface area (Å²) in [6.45, 7) is 0. The number of anilines is 1. The Labute approximate surface area is 143 Å². The summed E-state index contributed by atoms with van der Waals surface area (Å²) in [6.07, 6.45) is 5.02. The lowest BCUT2D eigenvalue weighted by Gasteiger charge is -2.27. The minimum atomic E-state index is -0.267. The van der Waals surface area contributed by atoms with Gasteiger partial charge >= 0.3 is 0 Å². The van der Waals surface area contributed by atoms with Crippen LogP contribution in [0.15, 0.2) is 40.9 Å². The lowest BCUT2D eigenvalue weighted by Crippen LogP contribution is -2.47. The second-order valence-corrected chi connectivity index (χ2v) is 6.77. The van der Waals surface area contributed by atoms with Gasteiger partial charge in [-0.05, 0) is 30.4 Å². The molecule has 116 valence electrons. The summed E-state index contributed by atoms with van der Waals surface area (Å²) in [7, 11) is 0. The average Bonchev–Trinajstić information content (AvgIpc) is 2.97. The molecule has 2 heterocycles. The monoisotopic (exact) mass is 370 g/mol. The van der Waals surface area contributed by atoms with Gasteiger partial charge in [0.25, 0.3) is 0 Å². The Morgan fingerprint density at radius 3 is 2.17 bits per heavy atom. The highest BCUT2D eigenvalue weighted by Gasteiger charge is 2.36. The van der Waals surface area contributed by atoms with Gasteiger partial charge < -0.3 is 5.32 Å². The van der Waals surface area contributed by atoms with E-state index < -0.39 is 0 Å². The van der Waals surface area contributed by atoms with Crippen molar-refractivity contribution in [1.29, 1.82) is 0 Å². The van der Waals surface area contributed by atoms with Gasteiger partial charge in [0.05, 0.1) is 18.5 Å². The number of nitrogens with zero attached hydrogens (tertiary/aromatic N) is 1. The van der Waals surface area contributed by atoms with E-state index in [0.29, 0.717) is 5.69 Å². The Hall–Kier alpha value is -1.72. The first-order valence-electron chi connectivity index (χ1n) is 7.64. The molecule has 2 bridgehead atoms. The normalized spacial score (nSPS) is 24.8. The first-order chi connectivity index (χ1) is 11.1. The molecule has 2 unspecified atom stereocenters. The number of halogens is 1. The highest BCUT2D eigenvalue weighted by molar-refractivity contribution is 9.10. The van der Waals surface area contributed by atoms with Crippen LogP contribution in [0.4, 0.5) is 5.69 Å². The largest absolute Gasteiger partial charge is 0.310 e. The van der Waals surface area contributed by atoms with Crippen LogP contribution in [-0.4, -0.2) is 23.9 Å². The highest BCUT2D eigenvalue weighted by atomic mass is 79.9. The van der Waals surface area contributed by atoms with Gasteiger partial charge in [-0.15, -0.1) is 0 Å². The van der Waals surface area contributed by atoms with Crippen LogP contribution in [0.1, 0.15) is 12.8 Å². The molecule has 2 aliphatic rings. The maximum Gasteiger partial charge on any atom is 0.239 e. The Bertz CT molecular complexity index is 781. The summed E-state index contributed by atoms with van der Waals surface area (Å²) in [5.41, 5.74) is 0.632. The van der Waals surface area contributed by atoms with Crippen molar-refractivity contribution in [1.82, 2.24) is 5.32 Å². The Kier molecular flexibility index (Phi) is 3.70. The number of benzene rings is 2. The van der Waals surface area contributed by atoms with E-state index in [4.69, 9.17) is 0 Å². The van der Waals surface area contributed by atoms with Crippen molar-refractivity contribution in [2.45, 2.75) is 24.9 Å². The number of amides is 2. The standard InChI is InChI=1S/C18H15BrN2O2/c19-15-7-8-16(14-4-2-1-3-13(14)15)21-17(22)9-11-5-6-12(20-11)10-18(21)23/h1-4,7-12,20H,5-6H2. The number of carbonyl (C=O) groups is 2. The highest BCUT2D eigenvalue weighted by Crippen LogP contribution is 2.34. The average molecular weight is 371 g/mol. The van der Waals surface area contributed by atoms with Gasteiger partial charge in [0, 0.05) is 21.9 Å². The van der Waals surface area contributed by atoms with Crippen molar-refractivity contribution >= 4 is 44.2 Å². The van der Waals surface area contributed by atoms with Crippen molar-refractivity contribution in [3.63, 3.8) is 0 Å². The van der Waals surface area contributed by atoms with Crippen molar-refractivity contribution < 1.29 is 9.59 Å². The van der Waals surface area contributed by atoms with E-state index in [1.54, 1.807) is 12.8 Å². The SMILES string of the molecule is O=C1[CH]C2CCC([CH]C(=O)N1c1ccc(Br)c3ccccc13)N2. The van der Waals surface area contributed by atoms with Crippen LogP contribution in [0.25, 0.3) is 10.8 Å². The van der Waals surface area contributed by atoms with Crippen LogP contribution >= 0.6 is 15.9 Å². The fourth-order valence-electron chi connectivity index (χ4n) is 3.34. The maximum absolute atomic E-state index is 12.7. The second kappa shape index (κ2) is 5.73. The molecule has 2 fully saturated rings. The van der Waals surface area contributed by atoms with E-state index in [2.05, 4.69) is 21.2 Å². The molecule has 2 aromatic carbocycles. The van der Waals surface area contributed by atoms with Crippen LogP contribution < -0.4 is 10.2 Å². The van der Waals surface area contributed by atoms with Crippen LogP contribution in [0.2, 0.25) is 0 Å². The van der Waals surface area contributed by atoms with Crippen LogP contribution in [0.5, 0.6) is 0 Å². The van der Waals surface area contributed by atoms with Gasteiger partial charge in [0.1, 0.15) is 0 Å². The molecular weight excluding hydrogens is 356 g/mol. The summed E-state index contributed by atoms with van der Waals surface area (Å²) in [6, 6.07) is 11.5. The van der Waals surface area contributed by atoms with E-state index >= 15 is 0 Å². The van der Waals surface area contributed by atoms with Crippen molar-refractivity contribution in [2.75, 3.05) is 4.90 Å². The molecule has 2 radical (unpaired) electrons. The molecule has 2 saturated heterocycles. The number of rotatable bonds is 1. The molecule has 4 rings (SSSR count). The van der Waals surface area contributed by atoms with Gasteiger partial charge in [-0.2, -0.15) is 0 Å².